The summed E-state index contributed by atoms with van der Waals surface area (Å²) in [4.78, 5) is 24.6. The fraction of sp³-hybridized carbons (Fsp3) is 0.886. The number of carbonyl (C=O) groups is 2. The molecule has 0 saturated heterocycles. The molecule has 2 unspecified atom stereocenters. The van der Waals surface area contributed by atoms with Gasteiger partial charge in [-0.25, -0.2) is 0 Å². The van der Waals surface area contributed by atoms with Gasteiger partial charge < -0.3 is 20.3 Å². The summed E-state index contributed by atoms with van der Waals surface area (Å²) in [6, 6.07) is -0.631. The van der Waals surface area contributed by atoms with Crippen molar-refractivity contribution in [2.75, 3.05) is 13.2 Å². The zero-order chi connectivity index (χ0) is 55.0. The van der Waals surface area contributed by atoms with Crippen LogP contribution in [0.2, 0.25) is 0 Å². The number of amides is 1. The Bertz CT molecular complexity index is 1230. The van der Waals surface area contributed by atoms with Crippen molar-refractivity contribution in [1.29, 1.82) is 0 Å². The molecule has 0 aromatic rings. The zero-order valence-electron chi connectivity index (χ0n) is 51.3. The van der Waals surface area contributed by atoms with Crippen molar-refractivity contribution in [2.45, 2.75) is 386 Å². The highest BCUT2D eigenvalue weighted by molar-refractivity contribution is 5.76. The Balaban J connectivity index is 3.44. The van der Waals surface area contributed by atoms with E-state index in [1.807, 2.05) is 6.08 Å². The maximum atomic E-state index is 12.5. The minimum Gasteiger partial charge on any atom is -0.466 e. The number of aliphatic hydroxyl groups is 2. The van der Waals surface area contributed by atoms with Crippen LogP contribution in [0.15, 0.2) is 36.5 Å². The number of nitrogens with one attached hydrogen (secondary N) is 1. The van der Waals surface area contributed by atoms with Crippen LogP contribution in [0, 0.1) is 0 Å². The van der Waals surface area contributed by atoms with Crippen LogP contribution in [-0.2, 0) is 14.3 Å². The van der Waals surface area contributed by atoms with Crippen LogP contribution in [0.5, 0.6) is 0 Å². The van der Waals surface area contributed by atoms with Gasteiger partial charge >= 0.3 is 5.97 Å². The molecule has 6 nitrogen and oxygen atoms in total. The van der Waals surface area contributed by atoms with Crippen molar-refractivity contribution in [1.82, 2.24) is 5.32 Å². The Hall–Kier alpha value is -1.92. The van der Waals surface area contributed by atoms with Gasteiger partial charge in [0.15, 0.2) is 0 Å². The highest BCUT2D eigenvalue weighted by atomic mass is 16.5. The lowest BCUT2D eigenvalue weighted by Gasteiger charge is -2.20. The number of hydrogen-bond donors (Lipinski definition) is 3. The lowest BCUT2D eigenvalue weighted by Crippen LogP contribution is -2.45. The smallest absolute Gasteiger partial charge is 0.305 e. The Kier molecular flexibility index (Phi) is 63.9. The summed E-state index contributed by atoms with van der Waals surface area (Å²) in [6.07, 6.45) is 83.5. The van der Waals surface area contributed by atoms with Crippen LogP contribution in [0.4, 0.5) is 0 Å². The number of unbranched alkanes of at least 4 members (excludes halogenated alkanes) is 49. The van der Waals surface area contributed by atoms with E-state index in [2.05, 4.69) is 43.5 Å². The van der Waals surface area contributed by atoms with Crippen LogP contribution in [0.3, 0.4) is 0 Å². The second-order valence-electron chi connectivity index (χ2n) is 23.5. The van der Waals surface area contributed by atoms with E-state index in [-0.39, 0.29) is 18.5 Å². The summed E-state index contributed by atoms with van der Waals surface area (Å²) in [5.41, 5.74) is 0. The van der Waals surface area contributed by atoms with E-state index in [9.17, 15) is 19.8 Å². The van der Waals surface area contributed by atoms with Crippen molar-refractivity contribution in [3.63, 3.8) is 0 Å². The fourth-order valence-electron chi connectivity index (χ4n) is 10.7. The van der Waals surface area contributed by atoms with Crippen LogP contribution in [0.1, 0.15) is 373 Å². The van der Waals surface area contributed by atoms with Crippen molar-refractivity contribution >= 4 is 11.9 Å². The average Bonchev–Trinajstić information content (AvgIpc) is 3.42. The summed E-state index contributed by atoms with van der Waals surface area (Å²) in [5.74, 6) is -0.0556. The van der Waals surface area contributed by atoms with Gasteiger partial charge in [0.2, 0.25) is 5.91 Å². The zero-order valence-corrected chi connectivity index (χ0v) is 51.3. The maximum absolute atomic E-state index is 12.5. The fourth-order valence-corrected chi connectivity index (χ4v) is 10.7. The molecule has 0 rings (SSSR count). The molecule has 0 fully saturated rings. The predicted molar refractivity (Wildman–Crippen MR) is 333 cm³/mol. The highest BCUT2D eigenvalue weighted by Crippen LogP contribution is 2.18. The predicted octanol–water partition coefficient (Wildman–Crippen LogP) is 21.9. The quantitative estimate of drug-likeness (QED) is 0.0320. The molecule has 76 heavy (non-hydrogen) atoms. The number of allylic oxidation sites excluding steroid dienone is 5. The molecule has 0 aliphatic carbocycles. The largest absolute Gasteiger partial charge is 0.466 e. The molecular weight excluding hydrogens is 935 g/mol. The lowest BCUT2D eigenvalue weighted by atomic mass is 10.0. The number of rotatable bonds is 64. The Morgan fingerprint density at radius 1 is 0.368 bits per heavy atom. The molecular formula is C70H133NO5. The van der Waals surface area contributed by atoms with Crippen LogP contribution < -0.4 is 5.32 Å². The molecule has 6 heteroatoms. The van der Waals surface area contributed by atoms with Crippen molar-refractivity contribution in [3.8, 4) is 0 Å². The van der Waals surface area contributed by atoms with E-state index >= 15 is 0 Å². The van der Waals surface area contributed by atoms with Crippen LogP contribution in [-0.4, -0.2) is 47.4 Å². The number of carbonyl (C=O) groups excluding carboxylic acids is 2. The van der Waals surface area contributed by atoms with E-state index in [0.29, 0.717) is 19.4 Å². The van der Waals surface area contributed by atoms with Crippen molar-refractivity contribution < 1.29 is 24.5 Å². The summed E-state index contributed by atoms with van der Waals surface area (Å²) < 4.78 is 5.49. The standard InChI is InChI=1S/C70H133NO5/c1-3-5-7-9-11-13-15-17-19-20-32-35-38-42-46-50-54-58-62-68(73)67(66-72)71-69(74)63-59-55-51-47-43-39-36-33-30-28-26-24-22-21-23-25-27-29-31-34-37-41-45-49-53-57-61-65-76-70(75)64-60-56-52-48-44-40-18-16-14-12-10-8-6-4-2/h21-22,25,27,58,62,67-68,72-73H,3-20,23-24,26,28-57,59-61,63-66H2,1-2H3,(H,71,74)/b22-21-,27-25-,62-58+. The van der Waals surface area contributed by atoms with E-state index in [0.717, 1.165) is 44.9 Å². The Labute approximate surface area is 474 Å². The molecule has 0 aliphatic rings. The summed E-state index contributed by atoms with van der Waals surface area (Å²) >= 11 is 0. The van der Waals surface area contributed by atoms with E-state index in [4.69, 9.17) is 4.74 Å². The molecule has 0 heterocycles. The van der Waals surface area contributed by atoms with E-state index < -0.39 is 12.1 Å². The maximum Gasteiger partial charge on any atom is 0.305 e. The monoisotopic (exact) mass is 1070 g/mol. The summed E-state index contributed by atoms with van der Waals surface area (Å²) in [7, 11) is 0. The minimum atomic E-state index is -0.847. The molecule has 2 atom stereocenters. The molecule has 0 aromatic heterocycles. The molecule has 0 aliphatic heterocycles. The van der Waals surface area contributed by atoms with Gasteiger partial charge in [-0.2, -0.15) is 0 Å². The molecule has 0 saturated carbocycles. The second kappa shape index (κ2) is 65.6. The molecule has 448 valence electrons. The molecule has 0 spiro atoms. The first-order valence-electron chi connectivity index (χ1n) is 34.3. The van der Waals surface area contributed by atoms with Gasteiger partial charge in [-0.1, -0.05) is 333 Å². The normalized spacial score (nSPS) is 12.7. The third-order valence-electron chi connectivity index (χ3n) is 15.9. The second-order valence-corrected chi connectivity index (χ2v) is 23.5. The Morgan fingerprint density at radius 2 is 0.658 bits per heavy atom. The lowest BCUT2D eigenvalue weighted by molar-refractivity contribution is -0.143. The molecule has 0 radical (unpaired) electrons. The first-order valence-corrected chi connectivity index (χ1v) is 34.3. The third-order valence-corrected chi connectivity index (χ3v) is 15.9. The van der Waals surface area contributed by atoms with Crippen molar-refractivity contribution in [3.05, 3.63) is 36.5 Å². The number of esters is 1. The van der Waals surface area contributed by atoms with Gasteiger partial charge in [0.25, 0.3) is 0 Å². The van der Waals surface area contributed by atoms with Gasteiger partial charge in [-0.05, 0) is 64.2 Å². The van der Waals surface area contributed by atoms with E-state index in [1.165, 1.54) is 302 Å². The first kappa shape index (κ1) is 74.1. The van der Waals surface area contributed by atoms with Gasteiger partial charge in [-0.15, -0.1) is 0 Å². The average molecular weight is 1070 g/mol. The van der Waals surface area contributed by atoms with Crippen molar-refractivity contribution in [2.24, 2.45) is 0 Å². The summed E-state index contributed by atoms with van der Waals surface area (Å²) in [6.45, 7) is 4.93. The summed E-state index contributed by atoms with van der Waals surface area (Å²) in [5, 5.41) is 23.2. The Morgan fingerprint density at radius 3 is 1.00 bits per heavy atom. The number of aliphatic hydroxyl groups excluding tert-OH is 2. The molecule has 1 amide bonds. The van der Waals surface area contributed by atoms with Gasteiger partial charge in [0, 0.05) is 12.8 Å². The highest BCUT2D eigenvalue weighted by Gasteiger charge is 2.18. The van der Waals surface area contributed by atoms with Gasteiger partial charge in [-0.3, -0.25) is 9.59 Å². The minimum absolute atomic E-state index is 0.0128. The van der Waals surface area contributed by atoms with Crippen LogP contribution in [0.25, 0.3) is 0 Å². The number of ether oxygens (including phenoxy) is 1. The first-order chi connectivity index (χ1) is 37.5. The van der Waals surface area contributed by atoms with Gasteiger partial charge in [0.1, 0.15) is 0 Å². The van der Waals surface area contributed by atoms with Gasteiger partial charge in [0.05, 0.1) is 25.4 Å². The third kappa shape index (κ3) is 61.3. The van der Waals surface area contributed by atoms with Crippen LogP contribution >= 0.6 is 0 Å². The molecule has 3 N–H and O–H groups in total. The molecule has 0 bridgehead atoms. The topological polar surface area (TPSA) is 95.9 Å². The number of hydrogen-bond acceptors (Lipinski definition) is 5. The van der Waals surface area contributed by atoms with E-state index in [1.54, 1.807) is 6.08 Å². The molecule has 0 aromatic carbocycles. The SMILES string of the molecule is CCCCCCCCCCCCCCCCCC/C=C/C(O)C(CO)NC(=O)CCCCCCCCCCCCC/C=C\C/C=C\CCCCCCCCCCCOC(=O)CCCCCCCCCCCCCCCC.